The monoisotopic (exact) mass is 328 g/mol. The molecule has 0 radical (unpaired) electrons. The molecule has 0 aliphatic carbocycles. The fourth-order valence-corrected chi connectivity index (χ4v) is 3.68. The van der Waals surface area contributed by atoms with Crippen molar-refractivity contribution in [3.05, 3.63) is 48.3 Å². The molecule has 0 amide bonds. The number of aliphatic hydroxyl groups excluding tert-OH is 1. The summed E-state index contributed by atoms with van der Waals surface area (Å²) in [6.07, 6.45) is 4.39. The number of benzene rings is 1. The van der Waals surface area contributed by atoms with E-state index in [0.29, 0.717) is 5.92 Å². The molecule has 1 atom stereocenters. The van der Waals surface area contributed by atoms with E-state index in [4.69, 9.17) is 5.11 Å². The van der Waals surface area contributed by atoms with Crippen molar-refractivity contribution in [1.82, 2.24) is 19.6 Å². The van der Waals surface area contributed by atoms with Crippen LogP contribution in [0.5, 0.6) is 0 Å². The summed E-state index contributed by atoms with van der Waals surface area (Å²) in [5.41, 5.74) is 2.32. The molecule has 5 heteroatoms. The molecule has 1 fully saturated rings. The zero-order valence-electron chi connectivity index (χ0n) is 14.5. The Morgan fingerprint density at radius 3 is 2.88 bits per heavy atom. The van der Waals surface area contributed by atoms with Crippen molar-refractivity contribution >= 4 is 0 Å². The predicted octanol–water partition coefficient (Wildman–Crippen LogP) is 2.01. The van der Waals surface area contributed by atoms with Gasteiger partial charge in [0.1, 0.15) is 0 Å². The number of rotatable bonds is 7. The molecule has 24 heavy (non-hydrogen) atoms. The van der Waals surface area contributed by atoms with E-state index in [1.807, 2.05) is 29.1 Å². The Labute approximate surface area is 144 Å². The van der Waals surface area contributed by atoms with E-state index in [9.17, 15) is 0 Å². The molecule has 1 unspecified atom stereocenters. The van der Waals surface area contributed by atoms with Gasteiger partial charge in [0.2, 0.25) is 0 Å². The Morgan fingerprint density at radius 1 is 1.25 bits per heavy atom. The number of nitrogens with zero attached hydrogens (tertiary/aromatic N) is 4. The topological polar surface area (TPSA) is 44.5 Å². The van der Waals surface area contributed by atoms with Crippen molar-refractivity contribution < 1.29 is 5.11 Å². The first-order valence-corrected chi connectivity index (χ1v) is 8.86. The lowest BCUT2D eigenvalue weighted by Gasteiger charge is -2.34. The molecule has 1 N–H and O–H groups in total. The lowest BCUT2D eigenvalue weighted by atomic mass is 9.97. The molecule has 0 saturated carbocycles. The van der Waals surface area contributed by atoms with Gasteiger partial charge in [0.15, 0.2) is 0 Å². The first-order chi connectivity index (χ1) is 11.8. The second-order valence-corrected chi connectivity index (χ2v) is 6.80. The number of hydrogen-bond donors (Lipinski definition) is 1. The van der Waals surface area contributed by atoms with E-state index in [1.54, 1.807) is 0 Å². The average Bonchev–Trinajstić information content (AvgIpc) is 3.04. The van der Waals surface area contributed by atoms with E-state index in [-0.39, 0.29) is 6.61 Å². The zero-order chi connectivity index (χ0) is 16.8. The Morgan fingerprint density at radius 2 is 2.08 bits per heavy atom. The van der Waals surface area contributed by atoms with E-state index in [2.05, 4.69) is 40.1 Å². The van der Waals surface area contributed by atoms with Gasteiger partial charge >= 0.3 is 0 Å². The van der Waals surface area contributed by atoms with Crippen LogP contribution >= 0.6 is 0 Å². The molecule has 130 valence electrons. The molecule has 1 aliphatic heterocycles. The first-order valence-electron chi connectivity index (χ1n) is 8.86. The Kier molecular flexibility index (Phi) is 6.01. The van der Waals surface area contributed by atoms with Gasteiger partial charge in [-0.2, -0.15) is 5.10 Å². The fourth-order valence-electron chi connectivity index (χ4n) is 3.68. The maximum absolute atomic E-state index is 9.13. The van der Waals surface area contributed by atoms with Gasteiger partial charge in [0.05, 0.1) is 18.0 Å². The second-order valence-electron chi connectivity index (χ2n) is 6.80. The van der Waals surface area contributed by atoms with Crippen LogP contribution in [-0.4, -0.2) is 64.5 Å². The van der Waals surface area contributed by atoms with Crippen molar-refractivity contribution in [2.75, 3.05) is 39.8 Å². The van der Waals surface area contributed by atoms with Crippen LogP contribution < -0.4 is 0 Å². The van der Waals surface area contributed by atoms with Gasteiger partial charge in [-0.3, -0.25) is 0 Å². The molecular weight excluding hydrogens is 300 g/mol. The molecule has 1 aliphatic rings. The molecule has 2 heterocycles. The number of β-amino-alcohol motifs (C(OH)–C–C–N with tert-alkyl or cyclic N) is 1. The lowest BCUT2D eigenvalue weighted by Crippen LogP contribution is -2.41. The van der Waals surface area contributed by atoms with E-state index in [1.165, 1.54) is 18.5 Å². The SMILES string of the molecule is CN(Cc1ccnn1-c1ccccc1)CC1CCCN(CCO)C1. The minimum atomic E-state index is 0.263. The van der Waals surface area contributed by atoms with Crippen molar-refractivity contribution in [3.8, 4) is 5.69 Å². The Hall–Kier alpha value is -1.69. The summed E-state index contributed by atoms with van der Waals surface area (Å²) in [6, 6.07) is 12.4. The van der Waals surface area contributed by atoms with Crippen LogP contribution in [0.3, 0.4) is 0 Å². The summed E-state index contributed by atoms with van der Waals surface area (Å²) in [6.45, 7) is 5.28. The van der Waals surface area contributed by atoms with Crippen LogP contribution in [0.25, 0.3) is 5.69 Å². The number of piperidine rings is 1. The van der Waals surface area contributed by atoms with Crippen LogP contribution in [0, 0.1) is 5.92 Å². The molecular formula is C19H28N4O. The van der Waals surface area contributed by atoms with Gasteiger partial charge in [0, 0.05) is 32.4 Å². The number of para-hydroxylation sites is 1. The molecule has 5 nitrogen and oxygen atoms in total. The molecule has 3 rings (SSSR count). The maximum atomic E-state index is 9.13. The fraction of sp³-hybridized carbons (Fsp3) is 0.526. The quantitative estimate of drug-likeness (QED) is 0.844. The molecule has 1 aromatic carbocycles. The smallest absolute Gasteiger partial charge is 0.0649 e. The third kappa shape index (κ3) is 4.44. The number of aliphatic hydroxyl groups is 1. The summed E-state index contributed by atoms with van der Waals surface area (Å²) < 4.78 is 2.02. The average molecular weight is 328 g/mol. The van der Waals surface area contributed by atoms with E-state index >= 15 is 0 Å². The van der Waals surface area contributed by atoms with Crippen LogP contribution in [0.1, 0.15) is 18.5 Å². The van der Waals surface area contributed by atoms with Gasteiger partial charge in [-0.05, 0) is 50.6 Å². The highest BCUT2D eigenvalue weighted by molar-refractivity contribution is 5.32. The number of likely N-dealkylation sites (tertiary alicyclic amines) is 1. The number of hydrogen-bond acceptors (Lipinski definition) is 4. The van der Waals surface area contributed by atoms with Gasteiger partial charge in [-0.15, -0.1) is 0 Å². The molecule has 0 bridgehead atoms. The first kappa shape index (κ1) is 17.1. The Balaban J connectivity index is 1.58. The van der Waals surface area contributed by atoms with Gasteiger partial charge in [-0.25, -0.2) is 4.68 Å². The largest absolute Gasteiger partial charge is 0.395 e. The zero-order valence-corrected chi connectivity index (χ0v) is 14.5. The van der Waals surface area contributed by atoms with Crippen molar-refractivity contribution in [3.63, 3.8) is 0 Å². The maximum Gasteiger partial charge on any atom is 0.0649 e. The van der Waals surface area contributed by atoms with Gasteiger partial charge in [0.25, 0.3) is 0 Å². The molecule has 1 aromatic heterocycles. The van der Waals surface area contributed by atoms with Gasteiger partial charge < -0.3 is 14.9 Å². The highest BCUT2D eigenvalue weighted by Crippen LogP contribution is 2.18. The number of aromatic nitrogens is 2. The highest BCUT2D eigenvalue weighted by Gasteiger charge is 2.21. The lowest BCUT2D eigenvalue weighted by molar-refractivity contribution is 0.119. The summed E-state index contributed by atoms with van der Waals surface area (Å²) >= 11 is 0. The summed E-state index contributed by atoms with van der Waals surface area (Å²) in [5, 5.41) is 13.6. The van der Waals surface area contributed by atoms with Crippen LogP contribution in [0.15, 0.2) is 42.6 Å². The molecule has 2 aromatic rings. The third-order valence-corrected chi connectivity index (χ3v) is 4.74. The van der Waals surface area contributed by atoms with Gasteiger partial charge in [-0.1, -0.05) is 18.2 Å². The van der Waals surface area contributed by atoms with Crippen LogP contribution in [0.4, 0.5) is 0 Å². The summed E-state index contributed by atoms with van der Waals surface area (Å²) in [5.74, 6) is 0.684. The minimum absolute atomic E-state index is 0.263. The Bertz CT molecular complexity index is 611. The van der Waals surface area contributed by atoms with E-state index in [0.717, 1.165) is 38.4 Å². The minimum Gasteiger partial charge on any atom is -0.395 e. The van der Waals surface area contributed by atoms with Crippen LogP contribution in [-0.2, 0) is 6.54 Å². The van der Waals surface area contributed by atoms with Crippen molar-refractivity contribution in [2.24, 2.45) is 5.92 Å². The normalized spacial score (nSPS) is 19.0. The second kappa shape index (κ2) is 8.42. The highest BCUT2D eigenvalue weighted by atomic mass is 16.3. The van der Waals surface area contributed by atoms with Crippen molar-refractivity contribution in [1.29, 1.82) is 0 Å². The third-order valence-electron chi connectivity index (χ3n) is 4.74. The summed E-state index contributed by atoms with van der Waals surface area (Å²) in [7, 11) is 2.19. The van der Waals surface area contributed by atoms with Crippen molar-refractivity contribution in [2.45, 2.75) is 19.4 Å². The van der Waals surface area contributed by atoms with E-state index < -0.39 is 0 Å². The molecule has 1 saturated heterocycles. The molecule has 0 spiro atoms. The van der Waals surface area contributed by atoms with Crippen LogP contribution in [0.2, 0.25) is 0 Å². The standard InChI is InChI=1S/C19H28N4O/c1-21(14-17-6-5-11-22(15-17)12-13-24)16-19-9-10-20-23(19)18-7-3-2-4-8-18/h2-4,7-10,17,24H,5-6,11-16H2,1H3. The summed E-state index contributed by atoms with van der Waals surface area (Å²) in [4.78, 5) is 4.78. The predicted molar refractivity (Wildman–Crippen MR) is 96.1 cm³/mol.